The van der Waals surface area contributed by atoms with Crippen molar-refractivity contribution in [3.05, 3.63) is 60.6 Å². The zero-order valence-corrected chi connectivity index (χ0v) is 14.0. The second-order valence-corrected chi connectivity index (χ2v) is 6.20. The van der Waals surface area contributed by atoms with Crippen molar-refractivity contribution >= 4 is 11.8 Å². The summed E-state index contributed by atoms with van der Waals surface area (Å²) in [4.78, 5) is 4.26. The number of aromatic nitrogens is 4. The van der Waals surface area contributed by atoms with E-state index >= 15 is 0 Å². The largest absolute Gasteiger partial charge is 0.461 e. The number of hydrogen-bond acceptors (Lipinski definition) is 6. The van der Waals surface area contributed by atoms with Gasteiger partial charge in [-0.25, -0.2) is 9.37 Å². The molecule has 0 fully saturated rings. The third-order valence-electron chi connectivity index (χ3n) is 3.58. The first kappa shape index (κ1) is 15.6. The van der Waals surface area contributed by atoms with Gasteiger partial charge in [0.25, 0.3) is 0 Å². The van der Waals surface area contributed by atoms with E-state index in [0.29, 0.717) is 29.0 Å². The predicted octanol–water partition coefficient (Wildman–Crippen LogP) is 4.16. The maximum atomic E-state index is 13.0. The van der Waals surface area contributed by atoms with E-state index in [1.807, 2.05) is 17.7 Å². The molecule has 3 aromatic heterocycles. The van der Waals surface area contributed by atoms with Gasteiger partial charge in [0.1, 0.15) is 5.82 Å². The SMILES string of the molecule is Cn1c(SCc2ncc(-c3ccc(F)cc3)o2)nnc1-c1ccco1. The summed E-state index contributed by atoms with van der Waals surface area (Å²) in [6.07, 6.45) is 3.23. The van der Waals surface area contributed by atoms with Gasteiger partial charge in [0.05, 0.1) is 18.2 Å². The lowest BCUT2D eigenvalue weighted by atomic mass is 10.2. The van der Waals surface area contributed by atoms with Crippen LogP contribution < -0.4 is 0 Å². The molecule has 0 atom stereocenters. The second kappa shape index (κ2) is 6.56. The molecule has 4 rings (SSSR count). The standard InChI is InChI=1S/C17H13FN4O2S/c1-22-16(13-3-2-8-23-13)20-21-17(22)25-10-15-19-9-14(24-15)11-4-6-12(18)7-5-11/h2-9H,10H2,1H3. The Hall–Kier alpha value is -2.87. The Bertz CT molecular complexity index is 977. The lowest BCUT2D eigenvalue weighted by molar-refractivity contribution is 0.529. The van der Waals surface area contributed by atoms with Gasteiger partial charge in [0, 0.05) is 12.6 Å². The average Bonchev–Trinajstić information content (AvgIpc) is 3.34. The molecule has 6 nitrogen and oxygen atoms in total. The van der Waals surface area contributed by atoms with Gasteiger partial charge in [-0.2, -0.15) is 0 Å². The van der Waals surface area contributed by atoms with E-state index in [1.165, 1.54) is 23.9 Å². The minimum Gasteiger partial charge on any atom is -0.461 e. The summed E-state index contributed by atoms with van der Waals surface area (Å²) in [6.45, 7) is 0. The highest BCUT2D eigenvalue weighted by molar-refractivity contribution is 7.98. The van der Waals surface area contributed by atoms with Crippen LogP contribution in [0.4, 0.5) is 4.39 Å². The Morgan fingerprint density at radius 1 is 1.12 bits per heavy atom. The molecule has 0 bridgehead atoms. The predicted molar refractivity (Wildman–Crippen MR) is 90.2 cm³/mol. The summed E-state index contributed by atoms with van der Waals surface area (Å²) in [5, 5.41) is 9.04. The summed E-state index contributed by atoms with van der Waals surface area (Å²) >= 11 is 1.46. The number of halogens is 1. The molecule has 4 aromatic rings. The Morgan fingerprint density at radius 3 is 2.72 bits per heavy atom. The van der Waals surface area contributed by atoms with Crippen LogP contribution in [0.1, 0.15) is 5.89 Å². The van der Waals surface area contributed by atoms with Crippen molar-refractivity contribution < 1.29 is 13.2 Å². The average molecular weight is 356 g/mol. The van der Waals surface area contributed by atoms with Crippen LogP contribution in [0.25, 0.3) is 22.9 Å². The van der Waals surface area contributed by atoms with E-state index < -0.39 is 0 Å². The molecule has 0 spiro atoms. The molecule has 0 aliphatic heterocycles. The number of nitrogens with zero attached hydrogens (tertiary/aromatic N) is 4. The van der Waals surface area contributed by atoms with Crippen molar-refractivity contribution in [2.75, 3.05) is 0 Å². The van der Waals surface area contributed by atoms with Gasteiger partial charge in [0.2, 0.25) is 5.89 Å². The van der Waals surface area contributed by atoms with Crippen molar-refractivity contribution in [2.45, 2.75) is 10.9 Å². The lowest BCUT2D eigenvalue weighted by Gasteiger charge is -2.00. The minimum atomic E-state index is -0.284. The molecule has 126 valence electrons. The smallest absolute Gasteiger partial charge is 0.205 e. The molecule has 0 aliphatic rings. The van der Waals surface area contributed by atoms with Crippen LogP contribution in [0.2, 0.25) is 0 Å². The van der Waals surface area contributed by atoms with Gasteiger partial charge in [-0.3, -0.25) is 0 Å². The molecule has 0 aliphatic carbocycles. The van der Waals surface area contributed by atoms with E-state index in [-0.39, 0.29) is 5.82 Å². The van der Waals surface area contributed by atoms with Gasteiger partial charge in [-0.15, -0.1) is 10.2 Å². The zero-order chi connectivity index (χ0) is 17.2. The van der Waals surface area contributed by atoms with Crippen LogP contribution in [-0.4, -0.2) is 19.7 Å². The third kappa shape index (κ3) is 3.20. The summed E-state index contributed by atoms with van der Waals surface area (Å²) in [5.41, 5.74) is 0.781. The summed E-state index contributed by atoms with van der Waals surface area (Å²) in [7, 11) is 1.87. The van der Waals surface area contributed by atoms with Crippen molar-refractivity contribution in [1.29, 1.82) is 0 Å². The fourth-order valence-corrected chi connectivity index (χ4v) is 3.08. The molecule has 0 saturated carbocycles. The first-order valence-corrected chi connectivity index (χ1v) is 8.46. The molecule has 0 unspecified atom stereocenters. The Morgan fingerprint density at radius 2 is 1.96 bits per heavy atom. The Labute approximate surface area is 146 Å². The minimum absolute atomic E-state index is 0.284. The van der Waals surface area contributed by atoms with Crippen molar-refractivity contribution in [3.8, 4) is 22.9 Å². The van der Waals surface area contributed by atoms with E-state index in [0.717, 1.165) is 10.7 Å². The summed E-state index contributed by atoms with van der Waals surface area (Å²) < 4.78 is 25.9. The molecule has 0 N–H and O–H groups in total. The molecule has 0 saturated heterocycles. The van der Waals surface area contributed by atoms with E-state index in [4.69, 9.17) is 8.83 Å². The van der Waals surface area contributed by atoms with Crippen LogP contribution in [0, 0.1) is 5.82 Å². The monoisotopic (exact) mass is 356 g/mol. The number of benzene rings is 1. The number of furan rings is 1. The summed E-state index contributed by atoms with van der Waals surface area (Å²) in [6, 6.07) is 9.74. The van der Waals surface area contributed by atoms with Crippen LogP contribution >= 0.6 is 11.8 Å². The number of oxazole rings is 1. The Balaban J connectivity index is 1.46. The van der Waals surface area contributed by atoms with Gasteiger partial charge in [0.15, 0.2) is 22.5 Å². The van der Waals surface area contributed by atoms with Crippen LogP contribution in [-0.2, 0) is 12.8 Å². The quantitative estimate of drug-likeness (QED) is 0.500. The maximum absolute atomic E-state index is 13.0. The fraction of sp³-hybridized carbons (Fsp3) is 0.118. The molecular weight excluding hydrogens is 343 g/mol. The van der Waals surface area contributed by atoms with Crippen molar-refractivity contribution in [3.63, 3.8) is 0 Å². The van der Waals surface area contributed by atoms with Crippen LogP contribution in [0.5, 0.6) is 0 Å². The van der Waals surface area contributed by atoms with E-state index in [1.54, 1.807) is 30.7 Å². The van der Waals surface area contributed by atoms with E-state index in [9.17, 15) is 4.39 Å². The van der Waals surface area contributed by atoms with Crippen molar-refractivity contribution in [1.82, 2.24) is 19.7 Å². The van der Waals surface area contributed by atoms with Gasteiger partial charge in [-0.05, 0) is 36.4 Å². The topological polar surface area (TPSA) is 69.9 Å². The molecule has 0 amide bonds. The van der Waals surface area contributed by atoms with Gasteiger partial charge < -0.3 is 13.4 Å². The number of hydrogen-bond donors (Lipinski definition) is 0. The highest BCUT2D eigenvalue weighted by atomic mass is 32.2. The maximum Gasteiger partial charge on any atom is 0.205 e. The third-order valence-corrected chi connectivity index (χ3v) is 4.59. The normalized spacial score (nSPS) is 11.1. The number of rotatable bonds is 5. The van der Waals surface area contributed by atoms with Crippen LogP contribution in [0.3, 0.4) is 0 Å². The highest BCUT2D eigenvalue weighted by Gasteiger charge is 2.14. The molecular formula is C17H13FN4O2S. The molecule has 1 aromatic carbocycles. The fourth-order valence-electron chi connectivity index (χ4n) is 2.31. The van der Waals surface area contributed by atoms with Crippen molar-refractivity contribution in [2.24, 2.45) is 7.05 Å². The van der Waals surface area contributed by atoms with Gasteiger partial charge in [-0.1, -0.05) is 11.8 Å². The van der Waals surface area contributed by atoms with Crippen LogP contribution in [0.15, 0.2) is 62.8 Å². The van der Waals surface area contributed by atoms with Gasteiger partial charge >= 0.3 is 0 Å². The molecule has 0 radical (unpaired) electrons. The first-order chi connectivity index (χ1) is 12.2. The molecule has 3 heterocycles. The molecule has 25 heavy (non-hydrogen) atoms. The van der Waals surface area contributed by atoms with E-state index in [2.05, 4.69) is 15.2 Å². The number of thioether (sulfide) groups is 1. The Kier molecular flexibility index (Phi) is 4.10. The highest BCUT2D eigenvalue weighted by Crippen LogP contribution is 2.27. The second-order valence-electron chi connectivity index (χ2n) is 5.26. The summed E-state index contributed by atoms with van der Waals surface area (Å²) in [5.74, 6) is 2.71. The zero-order valence-electron chi connectivity index (χ0n) is 13.2. The first-order valence-electron chi connectivity index (χ1n) is 7.47. The lowest BCUT2D eigenvalue weighted by Crippen LogP contribution is -1.94. The molecule has 8 heteroatoms.